The molecule has 0 spiro atoms. The summed E-state index contributed by atoms with van der Waals surface area (Å²) in [4.78, 5) is 13.5. The van der Waals surface area contributed by atoms with Crippen molar-refractivity contribution < 1.29 is 15.0 Å². The van der Waals surface area contributed by atoms with Crippen LogP contribution in [0.1, 0.15) is 17.5 Å². The van der Waals surface area contributed by atoms with Gasteiger partial charge in [-0.1, -0.05) is 6.07 Å². The number of nitrogens with zero attached hydrogens (tertiary/aromatic N) is 3. The summed E-state index contributed by atoms with van der Waals surface area (Å²) in [6.07, 6.45) is 0.331. The van der Waals surface area contributed by atoms with Crippen molar-refractivity contribution in [2.24, 2.45) is 5.92 Å². The van der Waals surface area contributed by atoms with Gasteiger partial charge < -0.3 is 10.2 Å². The number of aliphatic hydroxyl groups is 1. The third-order valence-corrected chi connectivity index (χ3v) is 4.11. The van der Waals surface area contributed by atoms with E-state index < -0.39 is 0 Å². The van der Waals surface area contributed by atoms with Crippen molar-refractivity contribution in [2.45, 2.75) is 20.3 Å². The zero-order chi connectivity index (χ0) is 16.6. The Labute approximate surface area is 134 Å². The second-order valence-electron chi connectivity index (χ2n) is 6.01. The summed E-state index contributed by atoms with van der Waals surface area (Å²) in [5, 5.41) is 27.6. The Morgan fingerprint density at radius 3 is 2.61 bits per heavy atom. The molecule has 1 aromatic carbocycles. The van der Waals surface area contributed by atoms with Crippen molar-refractivity contribution in [2.75, 3.05) is 18.1 Å². The third kappa shape index (κ3) is 2.90. The number of rotatable bonds is 3. The third-order valence-electron chi connectivity index (χ3n) is 4.11. The fraction of sp³-hybridized carbons (Fsp3) is 0.353. The zero-order valence-electron chi connectivity index (χ0n) is 13.2. The van der Waals surface area contributed by atoms with E-state index in [1.165, 1.54) is 0 Å². The molecule has 1 aliphatic rings. The zero-order valence-corrected chi connectivity index (χ0v) is 13.2. The summed E-state index contributed by atoms with van der Waals surface area (Å²) in [7, 11) is 0. The molecule has 1 amide bonds. The van der Waals surface area contributed by atoms with Gasteiger partial charge in [-0.2, -0.15) is 0 Å². The number of aryl methyl sites for hydroxylation is 2. The molecule has 0 unspecified atom stereocenters. The van der Waals surface area contributed by atoms with Crippen molar-refractivity contribution >= 4 is 11.7 Å². The standard InChI is InChI=1S/C17H19N3O3/c1-10-5-11(2)17(14(22)6-10)13-3-4-15(19-18-13)20-8-12(9-21)7-16(20)23/h3-6,12,21-22H,7-9H2,1-2H3/t12-/m1/s1. The van der Waals surface area contributed by atoms with E-state index in [1.54, 1.807) is 23.1 Å². The minimum absolute atomic E-state index is 0.00974. The van der Waals surface area contributed by atoms with E-state index in [1.807, 2.05) is 19.9 Å². The summed E-state index contributed by atoms with van der Waals surface area (Å²) in [6.45, 7) is 4.28. The molecule has 2 N–H and O–H groups in total. The number of aromatic hydroxyl groups is 1. The number of carbonyl (C=O) groups excluding carboxylic acids is 1. The van der Waals surface area contributed by atoms with Crippen LogP contribution in [0.2, 0.25) is 0 Å². The van der Waals surface area contributed by atoms with Crippen LogP contribution in [0.25, 0.3) is 11.3 Å². The van der Waals surface area contributed by atoms with Gasteiger partial charge in [0.15, 0.2) is 5.82 Å². The monoisotopic (exact) mass is 313 g/mol. The first-order valence-electron chi connectivity index (χ1n) is 7.55. The van der Waals surface area contributed by atoms with Gasteiger partial charge in [0.1, 0.15) is 5.75 Å². The summed E-state index contributed by atoms with van der Waals surface area (Å²) in [6, 6.07) is 7.13. The SMILES string of the molecule is Cc1cc(C)c(-c2ccc(N3C[C@H](CO)CC3=O)nn2)c(O)c1. The molecule has 1 aliphatic heterocycles. The van der Waals surface area contributed by atoms with Gasteiger partial charge in [0.05, 0.1) is 5.69 Å². The van der Waals surface area contributed by atoms with E-state index in [2.05, 4.69) is 10.2 Å². The molecule has 2 aromatic rings. The van der Waals surface area contributed by atoms with Crippen LogP contribution in [0.3, 0.4) is 0 Å². The van der Waals surface area contributed by atoms with Gasteiger partial charge in [-0.05, 0) is 43.2 Å². The lowest BCUT2D eigenvalue weighted by atomic mass is 10.0. The van der Waals surface area contributed by atoms with Gasteiger partial charge >= 0.3 is 0 Å². The van der Waals surface area contributed by atoms with Crippen LogP contribution in [0.5, 0.6) is 5.75 Å². The molecule has 120 valence electrons. The van der Waals surface area contributed by atoms with Crippen molar-refractivity contribution in [3.8, 4) is 17.0 Å². The van der Waals surface area contributed by atoms with Gasteiger partial charge in [0, 0.05) is 31.1 Å². The highest BCUT2D eigenvalue weighted by molar-refractivity contribution is 5.94. The summed E-state index contributed by atoms with van der Waals surface area (Å²) < 4.78 is 0. The van der Waals surface area contributed by atoms with Crippen LogP contribution in [0.15, 0.2) is 24.3 Å². The van der Waals surface area contributed by atoms with Crippen LogP contribution >= 0.6 is 0 Å². The van der Waals surface area contributed by atoms with E-state index in [0.29, 0.717) is 30.0 Å². The lowest BCUT2D eigenvalue weighted by molar-refractivity contribution is -0.117. The van der Waals surface area contributed by atoms with Crippen LogP contribution in [-0.4, -0.2) is 39.5 Å². The number of aliphatic hydroxyl groups excluding tert-OH is 1. The van der Waals surface area contributed by atoms with Gasteiger partial charge in [-0.25, -0.2) is 0 Å². The number of anilines is 1. The molecule has 1 fully saturated rings. The molecular weight excluding hydrogens is 294 g/mol. The number of benzene rings is 1. The fourth-order valence-electron chi connectivity index (χ4n) is 3.01. The number of amides is 1. The fourth-order valence-corrected chi connectivity index (χ4v) is 3.01. The predicted molar refractivity (Wildman–Crippen MR) is 86.2 cm³/mol. The minimum atomic E-state index is -0.0551. The average molecular weight is 313 g/mol. The van der Waals surface area contributed by atoms with Crippen LogP contribution in [0.4, 0.5) is 5.82 Å². The summed E-state index contributed by atoms with van der Waals surface area (Å²) >= 11 is 0. The Balaban J connectivity index is 1.90. The number of hydrogen-bond acceptors (Lipinski definition) is 5. The Hall–Kier alpha value is -2.47. The van der Waals surface area contributed by atoms with Crippen molar-refractivity contribution in [1.29, 1.82) is 0 Å². The maximum absolute atomic E-state index is 12.0. The Kier molecular flexibility index (Phi) is 4.00. The second kappa shape index (κ2) is 5.96. The van der Waals surface area contributed by atoms with Crippen LogP contribution in [0, 0.1) is 19.8 Å². The molecule has 1 aromatic heterocycles. The first-order chi connectivity index (χ1) is 11.0. The maximum Gasteiger partial charge on any atom is 0.228 e. The molecule has 1 atom stereocenters. The molecule has 6 heteroatoms. The van der Waals surface area contributed by atoms with Gasteiger partial charge in [-0.3, -0.25) is 9.69 Å². The average Bonchev–Trinajstić information content (AvgIpc) is 2.88. The van der Waals surface area contributed by atoms with E-state index in [9.17, 15) is 15.0 Å². The number of hydrogen-bond donors (Lipinski definition) is 2. The smallest absolute Gasteiger partial charge is 0.228 e. The van der Waals surface area contributed by atoms with Crippen LogP contribution < -0.4 is 4.90 Å². The van der Waals surface area contributed by atoms with E-state index in [-0.39, 0.29) is 24.2 Å². The van der Waals surface area contributed by atoms with Gasteiger partial charge in [0.25, 0.3) is 0 Å². The largest absolute Gasteiger partial charge is 0.507 e. The van der Waals surface area contributed by atoms with E-state index >= 15 is 0 Å². The second-order valence-corrected chi connectivity index (χ2v) is 6.01. The summed E-state index contributed by atoms with van der Waals surface area (Å²) in [5.41, 5.74) is 3.11. The molecule has 0 radical (unpaired) electrons. The van der Waals surface area contributed by atoms with E-state index in [4.69, 9.17) is 0 Å². The highest BCUT2D eigenvalue weighted by atomic mass is 16.3. The highest BCUT2D eigenvalue weighted by Gasteiger charge is 2.31. The first kappa shape index (κ1) is 15.4. The first-order valence-corrected chi connectivity index (χ1v) is 7.55. The van der Waals surface area contributed by atoms with Crippen molar-refractivity contribution in [3.63, 3.8) is 0 Å². The van der Waals surface area contributed by atoms with Gasteiger partial charge in [-0.15, -0.1) is 10.2 Å². The number of carbonyl (C=O) groups is 1. The Morgan fingerprint density at radius 2 is 2.04 bits per heavy atom. The number of aromatic nitrogens is 2. The molecule has 23 heavy (non-hydrogen) atoms. The molecule has 0 aliphatic carbocycles. The Bertz CT molecular complexity index is 720. The number of phenolic OH excluding ortho intramolecular Hbond substituents is 1. The molecular formula is C17H19N3O3. The van der Waals surface area contributed by atoms with Crippen LogP contribution in [-0.2, 0) is 4.79 Å². The quantitative estimate of drug-likeness (QED) is 0.902. The molecule has 3 rings (SSSR count). The maximum atomic E-state index is 12.0. The van der Waals surface area contributed by atoms with Crippen molar-refractivity contribution in [1.82, 2.24) is 10.2 Å². The molecule has 2 heterocycles. The molecule has 0 saturated carbocycles. The highest BCUT2D eigenvalue weighted by Crippen LogP contribution is 2.32. The van der Waals surface area contributed by atoms with Gasteiger partial charge in [0.2, 0.25) is 5.91 Å². The number of phenols is 1. The molecule has 6 nitrogen and oxygen atoms in total. The topological polar surface area (TPSA) is 86.5 Å². The lowest BCUT2D eigenvalue weighted by Crippen LogP contribution is -2.26. The summed E-state index contributed by atoms with van der Waals surface area (Å²) in [5.74, 6) is 0.536. The Morgan fingerprint density at radius 1 is 1.26 bits per heavy atom. The molecule has 0 bridgehead atoms. The minimum Gasteiger partial charge on any atom is -0.507 e. The molecule has 1 saturated heterocycles. The predicted octanol–water partition coefficient (Wildman–Crippen LogP) is 1.81. The normalized spacial score (nSPS) is 17.8. The lowest BCUT2D eigenvalue weighted by Gasteiger charge is -2.15. The van der Waals surface area contributed by atoms with E-state index in [0.717, 1.165) is 11.1 Å². The van der Waals surface area contributed by atoms with Crippen molar-refractivity contribution in [3.05, 3.63) is 35.4 Å².